The number of aromatic nitrogens is 1. The molecule has 1 aromatic heterocycles. The summed E-state index contributed by atoms with van der Waals surface area (Å²) in [5.41, 5.74) is -0.298. The van der Waals surface area contributed by atoms with E-state index in [-0.39, 0.29) is 11.6 Å². The molecule has 1 aromatic carbocycles. The summed E-state index contributed by atoms with van der Waals surface area (Å²) < 4.78 is 38.8. The number of nitrogens with zero attached hydrogens (tertiary/aromatic N) is 1. The summed E-state index contributed by atoms with van der Waals surface area (Å²) in [6, 6.07) is 5.32. The largest absolute Gasteiger partial charge is 0.416 e. The molecule has 0 aliphatic carbocycles. The summed E-state index contributed by atoms with van der Waals surface area (Å²) in [6.45, 7) is 2.34. The Morgan fingerprint density at radius 2 is 2.05 bits per heavy atom. The fourth-order valence-electron chi connectivity index (χ4n) is 2.01. The molecule has 0 spiro atoms. The molecule has 0 aliphatic rings. The Bertz CT molecular complexity index is 538. The van der Waals surface area contributed by atoms with Gasteiger partial charge in [-0.25, -0.2) is 4.98 Å². The highest BCUT2D eigenvalue weighted by Crippen LogP contribution is 2.34. The maximum Gasteiger partial charge on any atom is 0.416 e. The maximum absolute atomic E-state index is 12.9. The van der Waals surface area contributed by atoms with Crippen molar-refractivity contribution in [3.8, 4) is 0 Å². The molecule has 6 heteroatoms. The predicted octanol–water partition coefficient (Wildman–Crippen LogP) is 4.06. The number of benzene rings is 1. The summed E-state index contributed by atoms with van der Waals surface area (Å²) in [7, 11) is 0. The second-order valence-corrected chi connectivity index (χ2v) is 5.42. The number of alkyl halides is 3. The fraction of sp³-hybridized carbons (Fsp3) is 0.357. The number of halogens is 3. The predicted molar refractivity (Wildman–Crippen MR) is 73.7 cm³/mol. The van der Waals surface area contributed by atoms with E-state index in [1.165, 1.54) is 12.1 Å². The molecule has 2 rings (SSSR count). The van der Waals surface area contributed by atoms with E-state index >= 15 is 0 Å². The third-order valence-electron chi connectivity index (χ3n) is 3.01. The molecule has 0 saturated carbocycles. The van der Waals surface area contributed by atoms with Crippen LogP contribution in [0, 0.1) is 0 Å². The van der Waals surface area contributed by atoms with Gasteiger partial charge in [-0.1, -0.05) is 18.2 Å². The average molecular weight is 300 g/mol. The van der Waals surface area contributed by atoms with Crippen LogP contribution in [0.2, 0.25) is 0 Å². The number of hydrogen-bond acceptors (Lipinski definition) is 3. The molecular weight excluding hydrogens is 285 g/mol. The van der Waals surface area contributed by atoms with Gasteiger partial charge in [0, 0.05) is 30.6 Å². The molecule has 1 unspecified atom stereocenters. The molecule has 108 valence electrons. The number of thiazole rings is 1. The van der Waals surface area contributed by atoms with Crippen LogP contribution < -0.4 is 5.32 Å². The van der Waals surface area contributed by atoms with Gasteiger partial charge in [-0.05, 0) is 18.6 Å². The first-order chi connectivity index (χ1) is 9.48. The zero-order valence-electron chi connectivity index (χ0n) is 10.9. The lowest BCUT2D eigenvalue weighted by atomic mass is 10.0. The van der Waals surface area contributed by atoms with Crippen LogP contribution >= 0.6 is 11.3 Å². The molecule has 1 heterocycles. The summed E-state index contributed by atoms with van der Waals surface area (Å²) >= 11 is 1.55. The van der Waals surface area contributed by atoms with Crippen molar-refractivity contribution in [2.45, 2.75) is 25.6 Å². The van der Waals surface area contributed by atoms with Crippen molar-refractivity contribution >= 4 is 11.3 Å². The monoisotopic (exact) mass is 300 g/mol. The van der Waals surface area contributed by atoms with Crippen molar-refractivity contribution in [3.05, 3.63) is 52.0 Å². The van der Waals surface area contributed by atoms with Gasteiger partial charge in [0.25, 0.3) is 0 Å². The quantitative estimate of drug-likeness (QED) is 0.901. The highest BCUT2D eigenvalue weighted by molar-refractivity contribution is 7.09. The highest BCUT2D eigenvalue weighted by atomic mass is 32.1. The van der Waals surface area contributed by atoms with Gasteiger partial charge in [-0.15, -0.1) is 11.3 Å². The van der Waals surface area contributed by atoms with Crippen LogP contribution in [0.5, 0.6) is 0 Å². The van der Waals surface area contributed by atoms with Crippen molar-refractivity contribution in [2.24, 2.45) is 0 Å². The molecule has 20 heavy (non-hydrogen) atoms. The lowest BCUT2D eigenvalue weighted by Gasteiger charge is -2.19. The third kappa shape index (κ3) is 3.80. The number of hydrogen-bond donors (Lipinski definition) is 1. The van der Waals surface area contributed by atoms with E-state index in [0.29, 0.717) is 6.54 Å². The SMILES string of the molecule is CC(NCCc1nccs1)c1ccccc1C(F)(F)F. The Morgan fingerprint density at radius 3 is 2.70 bits per heavy atom. The van der Waals surface area contributed by atoms with E-state index in [1.807, 2.05) is 5.38 Å². The smallest absolute Gasteiger partial charge is 0.310 e. The van der Waals surface area contributed by atoms with Crippen LogP contribution in [-0.2, 0) is 12.6 Å². The van der Waals surface area contributed by atoms with Gasteiger partial charge in [-0.3, -0.25) is 0 Å². The van der Waals surface area contributed by atoms with Crippen LogP contribution in [-0.4, -0.2) is 11.5 Å². The molecule has 0 saturated heterocycles. The van der Waals surface area contributed by atoms with Crippen LogP contribution in [0.4, 0.5) is 13.2 Å². The van der Waals surface area contributed by atoms with Crippen LogP contribution in [0.1, 0.15) is 29.1 Å². The van der Waals surface area contributed by atoms with Gasteiger partial charge < -0.3 is 5.32 Å². The van der Waals surface area contributed by atoms with Gasteiger partial charge in [0.15, 0.2) is 0 Å². The molecule has 2 nitrogen and oxygen atoms in total. The first-order valence-electron chi connectivity index (χ1n) is 6.26. The Morgan fingerprint density at radius 1 is 1.30 bits per heavy atom. The van der Waals surface area contributed by atoms with E-state index in [9.17, 15) is 13.2 Å². The first-order valence-corrected chi connectivity index (χ1v) is 7.14. The molecule has 1 atom stereocenters. The molecule has 2 aromatic rings. The molecule has 0 aliphatic heterocycles. The minimum absolute atomic E-state index is 0.277. The molecule has 0 fully saturated rings. The van der Waals surface area contributed by atoms with Crippen LogP contribution in [0.15, 0.2) is 35.8 Å². The van der Waals surface area contributed by atoms with Crippen molar-refractivity contribution < 1.29 is 13.2 Å². The highest BCUT2D eigenvalue weighted by Gasteiger charge is 2.33. The van der Waals surface area contributed by atoms with Gasteiger partial charge >= 0.3 is 6.18 Å². The zero-order valence-corrected chi connectivity index (χ0v) is 11.8. The molecule has 0 radical (unpaired) electrons. The van der Waals surface area contributed by atoms with Crippen molar-refractivity contribution in [1.29, 1.82) is 0 Å². The Labute approximate surface area is 119 Å². The fourth-order valence-corrected chi connectivity index (χ4v) is 2.64. The maximum atomic E-state index is 12.9. The van der Waals surface area contributed by atoms with E-state index in [1.54, 1.807) is 30.5 Å². The third-order valence-corrected chi connectivity index (χ3v) is 3.84. The molecular formula is C14H15F3N2S. The summed E-state index contributed by atoms with van der Waals surface area (Å²) in [5.74, 6) is 0. The topological polar surface area (TPSA) is 24.9 Å². The van der Waals surface area contributed by atoms with E-state index in [2.05, 4.69) is 10.3 Å². The summed E-state index contributed by atoms with van der Waals surface area (Å²) in [4.78, 5) is 4.14. The van der Waals surface area contributed by atoms with Gasteiger partial charge in [0.2, 0.25) is 0 Å². The Balaban J connectivity index is 2.00. The Hall–Kier alpha value is -1.40. The normalized spacial score (nSPS) is 13.4. The van der Waals surface area contributed by atoms with Crippen molar-refractivity contribution in [1.82, 2.24) is 10.3 Å². The summed E-state index contributed by atoms with van der Waals surface area (Å²) in [5, 5.41) is 5.98. The lowest BCUT2D eigenvalue weighted by Crippen LogP contribution is -2.24. The Kier molecular flexibility index (Phi) is 4.77. The molecule has 1 N–H and O–H groups in total. The lowest BCUT2D eigenvalue weighted by molar-refractivity contribution is -0.138. The van der Waals surface area contributed by atoms with E-state index in [4.69, 9.17) is 0 Å². The van der Waals surface area contributed by atoms with Crippen molar-refractivity contribution in [2.75, 3.05) is 6.54 Å². The minimum Gasteiger partial charge on any atom is -0.310 e. The first kappa shape index (κ1) is 15.0. The minimum atomic E-state index is -4.32. The second kappa shape index (κ2) is 6.37. The molecule has 0 amide bonds. The second-order valence-electron chi connectivity index (χ2n) is 4.44. The zero-order chi connectivity index (χ0) is 14.6. The van der Waals surface area contributed by atoms with Crippen LogP contribution in [0.3, 0.4) is 0 Å². The van der Waals surface area contributed by atoms with Gasteiger partial charge in [0.1, 0.15) is 0 Å². The van der Waals surface area contributed by atoms with Crippen molar-refractivity contribution in [3.63, 3.8) is 0 Å². The van der Waals surface area contributed by atoms with Gasteiger partial charge in [0.05, 0.1) is 10.6 Å². The van der Waals surface area contributed by atoms with Gasteiger partial charge in [-0.2, -0.15) is 13.2 Å². The summed E-state index contributed by atoms with van der Waals surface area (Å²) in [6.07, 6.45) is -1.87. The van der Waals surface area contributed by atoms with E-state index in [0.717, 1.165) is 17.5 Å². The molecule has 0 bridgehead atoms. The van der Waals surface area contributed by atoms with E-state index < -0.39 is 11.7 Å². The average Bonchev–Trinajstić information content (AvgIpc) is 2.91. The standard InChI is InChI=1S/C14H15F3N2S/c1-10(18-7-6-13-19-8-9-20-13)11-4-2-3-5-12(11)14(15,16)17/h2-5,8-10,18H,6-7H2,1H3. The van der Waals surface area contributed by atoms with Crippen LogP contribution in [0.25, 0.3) is 0 Å². The number of nitrogens with one attached hydrogen (secondary N) is 1. The number of rotatable bonds is 5.